The van der Waals surface area contributed by atoms with Crippen LogP contribution in [-0.4, -0.2) is 140 Å². The summed E-state index contributed by atoms with van der Waals surface area (Å²) in [4.78, 5) is 13.4. The summed E-state index contributed by atoms with van der Waals surface area (Å²) in [6.45, 7) is 2.69. The van der Waals surface area contributed by atoms with Gasteiger partial charge in [0.05, 0.1) is 32.0 Å². The van der Waals surface area contributed by atoms with Crippen LogP contribution in [0.4, 0.5) is 0 Å². The van der Waals surface area contributed by atoms with Crippen LogP contribution in [0.3, 0.4) is 0 Å². The fraction of sp³-hybridized carbons (Fsp3) is 0.742. The van der Waals surface area contributed by atoms with E-state index in [2.05, 4.69) is 141 Å². The second kappa shape index (κ2) is 71.1. The van der Waals surface area contributed by atoms with Crippen molar-refractivity contribution in [2.45, 2.75) is 402 Å². The molecule has 12 unspecified atom stereocenters. The second-order valence-electron chi connectivity index (χ2n) is 28.9. The number of ether oxygens (including phenoxy) is 4. The maximum atomic E-state index is 13.4. The summed E-state index contributed by atoms with van der Waals surface area (Å²) in [5.41, 5.74) is 0. The Hall–Kier alpha value is -3.87. The molecule has 2 saturated heterocycles. The van der Waals surface area contributed by atoms with Crippen molar-refractivity contribution >= 4 is 5.91 Å². The van der Waals surface area contributed by atoms with Gasteiger partial charge in [0, 0.05) is 6.42 Å². The smallest absolute Gasteiger partial charge is 0.220 e. The van der Waals surface area contributed by atoms with Crippen molar-refractivity contribution in [3.63, 3.8) is 0 Å². The standard InChI is InChI=1S/C89H153NO13/c1-3-5-7-9-11-13-15-17-19-21-23-25-27-29-31-33-35-36-37-38-39-40-41-42-43-45-47-49-51-53-55-57-59-61-63-65-67-69-71-73-81(94)90-77(76-100-88-86(99)84(97)87(80(75-92)102-88)103-89-85(98)83(96)82(95)79(74-91)101-89)78(93)72-70-68-66-64-62-60-58-56-54-52-50-48-46-44-34-32-30-28-26-24-22-20-18-16-14-12-10-8-6-4-2/h5,7,11,13,17,19,23,25,29,31,35-36,38-39,41-42,54,56,62,64,70,72,77-80,82-89,91-93,95-99H,3-4,6,8-10,12,14-16,18,20-22,24,26-28,30,32-34,37,40,43-53,55,57-61,63,65-69,71,73-76H2,1-2H3,(H,90,94)/b7-5-,13-11-,19-17-,25-23-,31-29-,36-35-,39-38-,42-41-,56-54+,64-62+,72-70+. The summed E-state index contributed by atoms with van der Waals surface area (Å²) in [7, 11) is 0. The highest BCUT2D eigenvalue weighted by Gasteiger charge is 2.51. The SMILES string of the molecule is CC/C=C\C/C=C\C/C=C\C/C=C\C/C=C\C/C=C\C/C=C\C/C=C\CCCCCCCCCCCCCCCCC(=O)NC(COC1OC(CO)C(OC2OC(CO)C(O)C(O)C2O)C(O)C1O)C(O)/C=C/CC/C=C/CC/C=C/CCCCCCCCCCCCCCCCCCCCCC. The van der Waals surface area contributed by atoms with Gasteiger partial charge >= 0.3 is 0 Å². The molecule has 0 spiro atoms. The van der Waals surface area contributed by atoms with E-state index in [1.807, 2.05) is 6.08 Å². The number of unbranched alkanes of at least 4 members (excludes halogenated alkanes) is 36. The number of allylic oxidation sites excluding steroid dienone is 21. The van der Waals surface area contributed by atoms with Gasteiger partial charge in [0.25, 0.3) is 0 Å². The van der Waals surface area contributed by atoms with Crippen molar-refractivity contribution in [3.8, 4) is 0 Å². The molecule has 2 rings (SSSR count). The first-order valence-corrected chi connectivity index (χ1v) is 41.9. The summed E-state index contributed by atoms with van der Waals surface area (Å²) < 4.78 is 22.9. The van der Waals surface area contributed by atoms with Crippen molar-refractivity contribution in [1.82, 2.24) is 5.32 Å². The van der Waals surface area contributed by atoms with Crippen LogP contribution < -0.4 is 5.32 Å². The van der Waals surface area contributed by atoms with Crippen LogP contribution >= 0.6 is 0 Å². The highest BCUT2D eigenvalue weighted by molar-refractivity contribution is 5.76. The molecule has 12 atom stereocenters. The van der Waals surface area contributed by atoms with E-state index in [1.54, 1.807) is 6.08 Å². The minimum atomic E-state index is -1.80. The second-order valence-corrected chi connectivity index (χ2v) is 28.9. The van der Waals surface area contributed by atoms with E-state index in [1.165, 1.54) is 193 Å². The molecule has 0 aromatic heterocycles. The number of carbonyl (C=O) groups is 1. The number of aliphatic hydroxyl groups is 8. The maximum Gasteiger partial charge on any atom is 0.220 e. The van der Waals surface area contributed by atoms with Gasteiger partial charge in [-0.3, -0.25) is 4.79 Å². The Kier molecular flexibility index (Phi) is 65.7. The lowest BCUT2D eigenvalue weighted by molar-refractivity contribution is -0.359. The molecule has 14 heteroatoms. The highest BCUT2D eigenvalue weighted by atomic mass is 16.7. The number of carbonyl (C=O) groups excluding carboxylic acids is 1. The Labute approximate surface area is 628 Å². The van der Waals surface area contributed by atoms with Crippen LogP contribution in [0.15, 0.2) is 134 Å². The molecule has 0 saturated carbocycles. The molecule has 2 aliphatic heterocycles. The summed E-state index contributed by atoms with van der Waals surface area (Å²) in [5, 5.41) is 87.7. The molecule has 2 fully saturated rings. The van der Waals surface area contributed by atoms with Gasteiger partial charge in [0.15, 0.2) is 12.6 Å². The van der Waals surface area contributed by atoms with Gasteiger partial charge in [-0.2, -0.15) is 0 Å². The lowest BCUT2D eigenvalue weighted by Gasteiger charge is -2.46. The van der Waals surface area contributed by atoms with E-state index >= 15 is 0 Å². The summed E-state index contributed by atoms with van der Waals surface area (Å²) in [6.07, 6.45) is 89.7. The Morgan fingerprint density at radius 2 is 0.680 bits per heavy atom. The third kappa shape index (κ3) is 53.6. The van der Waals surface area contributed by atoms with Gasteiger partial charge in [-0.25, -0.2) is 0 Å². The summed E-state index contributed by atoms with van der Waals surface area (Å²) in [5.74, 6) is -0.255. The molecular weight excluding hydrogens is 1290 g/mol. The molecule has 14 nitrogen and oxygen atoms in total. The Morgan fingerprint density at radius 1 is 0.359 bits per heavy atom. The van der Waals surface area contributed by atoms with Gasteiger partial charge in [0.2, 0.25) is 5.91 Å². The molecule has 0 bridgehead atoms. The van der Waals surface area contributed by atoms with Crippen LogP contribution in [-0.2, 0) is 23.7 Å². The Morgan fingerprint density at radius 3 is 1.07 bits per heavy atom. The molecule has 0 aliphatic carbocycles. The molecule has 0 aromatic carbocycles. The minimum Gasteiger partial charge on any atom is -0.394 e. The molecule has 9 N–H and O–H groups in total. The molecular formula is C89H153NO13. The van der Waals surface area contributed by atoms with E-state index in [-0.39, 0.29) is 18.9 Å². The monoisotopic (exact) mass is 1440 g/mol. The lowest BCUT2D eigenvalue weighted by atomic mass is 9.97. The number of hydrogen-bond acceptors (Lipinski definition) is 13. The van der Waals surface area contributed by atoms with Crippen LogP contribution in [0.25, 0.3) is 0 Å². The van der Waals surface area contributed by atoms with E-state index < -0.39 is 86.8 Å². The number of amides is 1. The number of nitrogens with one attached hydrogen (secondary N) is 1. The van der Waals surface area contributed by atoms with Gasteiger partial charge in [0.1, 0.15) is 48.8 Å². The van der Waals surface area contributed by atoms with E-state index in [0.717, 1.165) is 103 Å². The van der Waals surface area contributed by atoms with Crippen LogP contribution in [0.1, 0.15) is 328 Å². The van der Waals surface area contributed by atoms with Crippen molar-refractivity contribution in [2.75, 3.05) is 19.8 Å². The first kappa shape index (κ1) is 95.2. The largest absolute Gasteiger partial charge is 0.394 e. The molecule has 1 amide bonds. The van der Waals surface area contributed by atoms with Crippen LogP contribution in [0.5, 0.6) is 0 Å². The zero-order chi connectivity index (χ0) is 74.4. The molecule has 0 aromatic rings. The molecule has 592 valence electrons. The van der Waals surface area contributed by atoms with Crippen molar-refractivity contribution in [2.24, 2.45) is 0 Å². The topological polar surface area (TPSA) is 228 Å². The maximum absolute atomic E-state index is 13.4. The first-order chi connectivity index (χ1) is 50.6. The van der Waals surface area contributed by atoms with Gasteiger partial charge in [-0.1, -0.05) is 347 Å². The minimum absolute atomic E-state index is 0.255. The normalized spacial score (nSPS) is 22.3. The van der Waals surface area contributed by atoms with Crippen molar-refractivity contribution in [3.05, 3.63) is 134 Å². The average Bonchev–Trinajstić information content (AvgIpc) is 0.791. The van der Waals surface area contributed by atoms with Crippen LogP contribution in [0, 0.1) is 0 Å². The van der Waals surface area contributed by atoms with Gasteiger partial charge in [-0.15, -0.1) is 0 Å². The van der Waals surface area contributed by atoms with Gasteiger partial charge in [-0.05, 0) is 109 Å². The van der Waals surface area contributed by atoms with E-state index in [0.29, 0.717) is 12.8 Å². The Balaban J connectivity index is 1.62. The predicted octanol–water partition coefficient (Wildman–Crippen LogP) is 19.7. The predicted molar refractivity (Wildman–Crippen MR) is 428 cm³/mol. The van der Waals surface area contributed by atoms with Gasteiger partial charge < -0.3 is 65.1 Å². The fourth-order valence-corrected chi connectivity index (χ4v) is 13.0. The van der Waals surface area contributed by atoms with E-state index in [4.69, 9.17) is 18.9 Å². The molecule has 2 heterocycles. The fourth-order valence-electron chi connectivity index (χ4n) is 13.0. The average molecular weight is 1450 g/mol. The first-order valence-electron chi connectivity index (χ1n) is 41.9. The zero-order valence-corrected chi connectivity index (χ0v) is 65.0. The van der Waals surface area contributed by atoms with E-state index in [9.17, 15) is 45.6 Å². The number of aliphatic hydroxyl groups excluding tert-OH is 8. The lowest BCUT2D eigenvalue weighted by Crippen LogP contribution is -2.65. The summed E-state index contributed by atoms with van der Waals surface area (Å²) in [6, 6.07) is -0.949. The third-order valence-corrected chi connectivity index (χ3v) is 19.5. The Bertz CT molecular complexity index is 2250. The molecule has 2 aliphatic rings. The quantitative estimate of drug-likeness (QED) is 0.0204. The number of rotatable bonds is 69. The molecule has 103 heavy (non-hydrogen) atoms. The summed E-state index contributed by atoms with van der Waals surface area (Å²) >= 11 is 0. The molecule has 0 radical (unpaired) electrons. The highest BCUT2D eigenvalue weighted by Crippen LogP contribution is 2.30. The van der Waals surface area contributed by atoms with Crippen molar-refractivity contribution in [1.29, 1.82) is 0 Å². The third-order valence-electron chi connectivity index (χ3n) is 19.5. The zero-order valence-electron chi connectivity index (χ0n) is 65.0. The number of hydrogen-bond donors (Lipinski definition) is 9. The van der Waals surface area contributed by atoms with Crippen LogP contribution in [0.2, 0.25) is 0 Å². The van der Waals surface area contributed by atoms with Crippen molar-refractivity contribution < 1.29 is 64.6 Å².